The van der Waals surface area contributed by atoms with E-state index in [1.165, 1.54) is 32.1 Å². The molecule has 0 aliphatic heterocycles. The maximum absolute atomic E-state index is 5.89. The number of ether oxygens (including phenoxy) is 1. The van der Waals surface area contributed by atoms with E-state index in [2.05, 4.69) is 38.5 Å². The largest absolute Gasteiger partial charge is 0.379 e. The number of aryl methyl sites for hydroxylation is 1. The molecule has 0 aromatic carbocycles. The number of hydrogen-bond acceptors (Lipinski definition) is 4. The van der Waals surface area contributed by atoms with Crippen molar-refractivity contribution in [2.24, 2.45) is 13.0 Å². The van der Waals surface area contributed by atoms with Gasteiger partial charge in [-0.1, -0.05) is 31.4 Å². The lowest BCUT2D eigenvalue weighted by Crippen LogP contribution is -2.40. The first kappa shape index (κ1) is 15.9. The number of nitrogens with zero attached hydrogens (tertiary/aromatic N) is 3. The van der Waals surface area contributed by atoms with E-state index in [-0.39, 0.29) is 12.1 Å². The van der Waals surface area contributed by atoms with Crippen LogP contribution in [0.1, 0.15) is 50.8 Å². The molecular formula is C14H25BrN4O. The molecule has 1 aliphatic carbocycles. The molecule has 0 spiro atoms. The summed E-state index contributed by atoms with van der Waals surface area (Å²) in [7, 11) is 3.76. The maximum atomic E-state index is 5.89. The molecule has 2 rings (SSSR count). The molecule has 0 saturated heterocycles. The predicted molar refractivity (Wildman–Crippen MR) is 82.5 cm³/mol. The van der Waals surface area contributed by atoms with Crippen molar-refractivity contribution in [3.63, 3.8) is 0 Å². The van der Waals surface area contributed by atoms with Gasteiger partial charge in [-0.15, -0.1) is 5.10 Å². The molecule has 2 unspecified atom stereocenters. The van der Waals surface area contributed by atoms with Gasteiger partial charge in [0.2, 0.25) is 0 Å². The minimum absolute atomic E-state index is 0.127. The van der Waals surface area contributed by atoms with Crippen LogP contribution in [0.2, 0.25) is 0 Å². The topological polar surface area (TPSA) is 52.0 Å². The summed E-state index contributed by atoms with van der Waals surface area (Å²) in [5.74, 6) is 0.611. The van der Waals surface area contributed by atoms with Crippen molar-refractivity contribution in [2.75, 3.05) is 13.7 Å². The fraction of sp³-hybridized carbons (Fsp3) is 0.857. The van der Waals surface area contributed by atoms with Crippen LogP contribution < -0.4 is 5.32 Å². The van der Waals surface area contributed by atoms with Crippen LogP contribution in [0.15, 0.2) is 4.60 Å². The molecule has 6 heteroatoms. The molecule has 0 radical (unpaired) electrons. The number of hydrogen-bond donors (Lipinski definition) is 1. The molecule has 1 aromatic rings. The van der Waals surface area contributed by atoms with Crippen LogP contribution in [0.25, 0.3) is 0 Å². The lowest BCUT2D eigenvalue weighted by Gasteiger charge is -2.35. The van der Waals surface area contributed by atoms with Gasteiger partial charge in [-0.05, 0) is 41.2 Å². The van der Waals surface area contributed by atoms with Crippen LogP contribution >= 0.6 is 15.9 Å². The lowest BCUT2D eigenvalue weighted by atomic mass is 9.82. The Kier molecular flexibility index (Phi) is 5.99. The number of rotatable bonds is 6. The third-order valence-corrected chi connectivity index (χ3v) is 4.83. The highest BCUT2D eigenvalue weighted by Crippen LogP contribution is 2.35. The summed E-state index contributed by atoms with van der Waals surface area (Å²) in [5, 5.41) is 11.8. The SMILES string of the molecule is CCNC(c1c(Br)nnn1C)C(OC)C1CCCCC1. The van der Waals surface area contributed by atoms with Crippen LogP contribution in [0.4, 0.5) is 0 Å². The van der Waals surface area contributed by atoms with Crippen LogP contribution in [0, 0.1) is 5.92 Å². The van der Waals surface area contributed by atoms with E-state index in [1.807, 2.05) is 18.8 Å². The monoisotopic (exact) mass is 344 g/mol. The standard InChI is InChI=1S/C14H25BrN4O/c1-4-16-11(12-14(15)17-18-19(12)2)13(20-3)10-8-6-5-7-9-10/h10-11,13,16H,4-9H2,1-3H3. The molecular weight excluding hydrogens is 320 g/mol. The van der Waals surface area contributed by atoms with E-state index >= 15 is 0 Å². The van der Waals surface area contributed by atoms with Crippen molar-refractivity contribution in [3.05, 3.63) is 10.3 Å². The predicted octanol–water partition coefficient (Wildman–Crippen LogP) is 2.82. The minimum atomic E-state index is 0.127. The maximum Gasteiger partial charge on any atom is 0.153 e. The smallest absolute Gasteiger partial charge is 0.153 e. The molecule has 0 amide bonds. The molecule has 1 N–H and O–H groups in total. The quantitative estimate of drug-likeness (QED) is 0.861. The minimum Gasteiger partial charge on any atom is -0.379 e. The van der Waals surface area contributed by atoms with Crippen molar-refractivity contribution in [1.29, 1.82) is 0 Å². The van der Waals surface area contributed by atoms with Gasteiger partial charge in [0.1, 0.15) is 0 Å². The third-order valence-electron chi connectivity index (χ3n) is 4.26. The average Bonchev–Trinajstić information content (AvgIpc) is 2.79. The Morgan fingerprint density at radius 2 is 2.10 bits per heavy atom. The second-order valence-corrected chi connectivity index (χ2v) is 6.27. The molecule has 1 fully saturated rings. The molecule has 0 bridgehead atoms. The van der Waals surface area contributed by atoms with Gasteiger partial charge in [-0.25, -0.2) is 4.68 Å². The second kappa shape index (κ2) is 7.52. The Balaban J connectivity index is 2.25. The summed E-state index contributed by atoms with van der Waals surface area (Å²) < 4.78 is 8.53. The first-order valence-corrected chi connectivity index (χ1v) is 8.29. The van der Waals surface area contributed by atoms with Gasteiger partial charge in [0, 0.05) is 14.2 Å². The Morgan fingerprint density at radius 3 is 2.60 bits per heavy atom. The molecule has 114 valence electrons. The van der Waals surface area contributed by atoms with Crippen LogP contribution in [-0.2, 0) is 11.8 Å². The second-order valence-electron chi connectivity index (χ2n) is 5.52. The van der Waals surface area contributed by atoms with Gasteiger partial charge in [-0.3, -0.25) is 0 Å². The first-order valence-electron chi connectivity index (χ1n) is 7.50. The molecule has 1 aliphatic rings. The van der Waals surface area contributed by atoms with E-state index in [0.717, 1.165) is 16.8 Å². The Labute approximate surface area is 129 Å². The number of nitrogens with one attached hydrogen (secondary N) is 1. The highest BCUT2D eigenvalue weighted by atomic mass is 79.9. The van der Waals surface area contributed by atoms with Gasteiger partial charge >= 0.3 is 0 Å². The summed E-state index contributed by atoms with van der Waals surface area (Å²) in [6.45, 7) is 3.02. The normalized spacial score (nSPS) is 20.0. The summed E-state index contributed by atoms with van der Waals surface area (Å²) in [4.78, 5) is 0. The summed E-state index contributed by atoms with van der Waals surface area (Å²) in [6.07, 6.45) is 6.66. The van der Waals surface area contributed by atoms with Crippen molar-refractivity contribution >= 4 is 15.9 Å². The fourth-order valence-electron chi connectivity index (χ4n) is 3.32. The molecule has 2 atom stereocenters. The van der Waals surface area contributed by atoms with E-state index in [4.69, 9.17) is 4.74 Å². The summed E-state index contributed by atoms with van der Waals surface area (Å²) in [5.41, 5.74) is 1.07. The van der Waals surface area contributed by atoms with Crippen LogP contribution in [-0.4, -0.2) is 34.8 Å². The number of halogens is 1. The number of methoxy groups -OCH3 is 1. The average molecular weight is 345 g/mol. The molecule has 5 nitrogen and oxygen atoms in total. The van der Waals surface area contributed by atoms with Gasteiger partial charge in [0.15, 0.2) is 4.60 Å². The van der Waals surface area contributed by atoms with Crippen molar-refractivity contribution in [3.8, 4) is 0 Å². The third kappa shape index (κ3) is 3.40. The van der Waals surface area contributed by atoms with Crippen LogP contribution in [0.3, 0.4) is 0 Å². The highest BCUT2D eigenvalue weighted by Gasteiger charge is 2.34. The van der Waals surface area contributed by atoms with Gasteiger partial charge in [-0.2, -0.15) is 0 Å². The Hall–Kier alpha value is -0.460. The molecule has 1 saturated carbocycles. The Bertz CT molecular complexity index is 398. The summed E-state index contributed by atoms with van der Waals surface area (Å²) in [6, 6.07) is 0.127. The molecule has 20 heavy (non-hydrogen) atoms. The zero-order chi connectivity index (χ0) is 14.5. The van der Waals surface area contributed by atoms with Gasteiger partial charge in [0.05, 0.1) is 17.8 Å². The van der Waals surface area contributed by atoms with Crippen LogP contribution in [0.5, 0.6) is 0 Å². The van der Waals surface area contributed by atoms with E-state index < -0.39 is 0 Å². The lowest BCUT2D eigenvalue weighted by molar-refractivity contribution is 0.00579. The fourth-order valence-corrected chi connectivity index (χ4v) is 3.89. The zero-order valence-electron chi connectivity index (χ0n) is 12.6. The van der Waals surface area contributed by atoms with E-state index in [0.29, 0.717) is 5.92 Å². The summed E-state index contributed by atoms with van der Waals surface area (Å²) >= 11 is 3.52. The van der Waals surface area contributed by atoms with E-state index in [9.17, 15) is 0 Å². The Morgan fingerprint density at radius 1 is 1.40 bits per heavy atom. The van der Waals surface area contributed by atoms with Crippen molar-refractivity contribution in [1.82, 2.24) is 20.3 Å². The number of aromatic nitrogens is 3. The molecule has 1 aromatic heterocycles. The molecule has 1 heterocycles. The first-order chi connectivity index (χ1) is 9.69. The van der Waals surface area contributed by atoms with Crippen molar-refractivity contribution < 1.29 is 4.74 Å². The van der Waals surface area contributed by atoms with Gasteiger partial charge in [0.25, 0.3) is 0 Å². The number of likely N-dealkylation sites (N-methyl/N-ethyl adjacent to an activating group) is 1. The van der Waals surface area contributed by atoms with E-state index in [1.54, 1.807) is 0 Å². The highest BCUT2D eigenvalue weighted by molar-refractivity contribution is 9.10. The van der Waals surface area contributed by atoms with Crippen molar-refractivity contribution in [2.45, 2.75) is 51.2 Å². The van der Waals surface area contributed by atoms with Gasteiger partial charge < -0.3 is 10.1 Å². The zero-order valence-corrected chi connectivity index (χ0v) is 14.2.